The van der Waals surface area contributed by atoms with Gasteiger partial charge in [0, 0.05) is 31.8 Å². The van der Waals surface area contributed by atoms with Crippen LogP contribution in [0.5, 0.6) is 0 Å². The second-order valence-electron chi connectivity index (χ2n) is 5.13. The van der Waals surface area contributed by atoms with Gasteiger partial charge in [0.1, 0.15) is 0 Å². The second kappa shape index (κ2) is 3.25. The fourth-order valence-electron chi connectivity index (χ4n) is 3.15. The molecule has 0 amide bonds. The highest BCUT2D eigenvalue weighted by atomic mass is 16.4. The summed E-state index contributed by atoms with van der Waals surface area (Å²) in [7, 11) is 2.03. The third-order valence-electron chi connectivity index (χ3n) is 4.09. The monoisotopic (exact) mass is 263 g/mol. The van der Waals surface area contributed by atoms with Crippen molar-refractivity contribution < 1.29 is 8.98 Å². The summed E-state index contributed by atoms with van der Waals surface area (Å²) in [5.41, 5.74) is 5.48. The van der Waals surface area contributed by atoms with Gasteiger partial charge in [-0.25, -0.2) is 0 Å². The van der Waals surface area contributed by atoms with E-state index in [1.54, 1.807) is 6.20 Å². The molecule has 0 N–H and O–H groups in total. The number of oxazole rings is 1. The van der Waals surface area contributed by atoms with Crippen LogP contribution in [0.25, 0.3) is 33.6 Å². The molecule has 0 bridgehead atoms. The van der Waals surface area contributed by atoms with Crippen LogP contribution < -0.4 is 4.57 Å². The number of nitrogens with zero attached hydrogens (tertiary/aromatic N) is 4. The van der Waals surface area contributed by atoms with Crippen LogP contribution in [0.2, 0.25) is 0 Å². The van der Waals surface area contributed by atoms with E-state index >= 15 is 0 Å². The molecule has 0 saturated heterocycles. The van der Waals surface area contributed by atoms with Gasteiger partial charge in [-0.3, -0.25) is 9.97 Å². The molecule has 4 aromatic rings. The SMILES string of the molecule is Cn1c2ccncc2c2c1oc1[n+]2Cc2cnccc2-1. The number of aromatic nitrogens is 4. The van der Waals surface area contributed by atoms with E-state index in [0.29, 0.717) is 0 Å². The van der Waals surface area contributed by atoms with E-state index in [1.807, 2.05) is 37.8 Å². The van der Waals surface area contributed by atoms with E-state index in [1.165, 1.54) is 5.56 Å². The average molecular weight is 263 g/mol. The van der Waals surface area contributed by atoms with Gasteiger partial charge in [-0.2, -0.15) is 0 Å². The van der Waals surface area contributed by atoms with Gasteiger partial charge in [-0.05, 0) is 12.1 Å². The molecule has 5 heteroatoms. The molecule has 5 heterocycles. The van der Waals surface area contributed by atoms with Crippen molar-refractivity contribution in [3.63, 3.8) is 0 Å². The minimum absolute atomic E-state index is 0.805. The smallest absolute Gasteiger partial charge is 0.380 e. The van der Waals surface area contributed by atoms with Crippen LogP contribution >= 0.6 is 0 Å². The maximum Gasteiger partial charge on any atom is 0.383 e. The molecular formula is C15H11N4O+. The first kappa shape index (κ1) is 10.1. The summed E-state index contributed by atoms with van der Waals surface area (Å²) in [6, 6.07) is 4.03. The molecular weight excluding hydrogens is 252 g/mol. The predicted octanol–water partition coefficient (Wildman–Crippen LogP) is 2.03. The van der Waals surface area contributed by atoms with Crippen molar-refractivity contribution in [2.45, 2.75) is 6.54 Å². The lowest BCUT2D eigenvalue weighted by Crippen LogP contribution is -2.30. The van der Waals surface area contributed by atoms with Gasteiger partial charge < -0.3 is 8.98 Å². The fourth-order valence-corrected chi connectivity index (χ4v) is 3.15. The largest absolute Gasteiger partial charge is 0.383 e. The first-order valence-electron chi connectivity index (χ1n) is 6.52. The van der Waals surface area contributed by atoms with Crippen LogP contribution in [0.3, 0.4) is 0 Å². The number of hydrogen-bond donors (Lipinski definition) is 0. The van der Waals surface area contributed by atoms with Gasteiger partial charge in [0.2, 0.25) is 0 Å². The summed E-state index contributed by atoms with van der Waals surface area (Å²) in [4.78, 5) is 8.44. The lowest BCUT2D eigenvalue weighted by atomic mass is 10.2. The molecule has 5 nitrogen and oxygen atoms in total. The molecule has 0 spiro atoms. The molecule has 20 heavy (non-hydrogen) atoms. The Morgan fingerprint density at radius 2 is 2.05 bits per heavy atom. The highest BCUT2D eigenvalue weighted by Gasteiger charge is 2.36. The lowest BCUT2D eigenvalue weighted by molar-refractivity contribution is -0.648. The summed E-state index contributed by atoms with van der Waals surface area (Å²) >= 11 is 0. The fraction of sp³-hybridized carbons (Fsp3) is 0.133. The van der Waals surface area contributed by atoms with Gasteiger partial charge in [-0.15, -0.1) is 4.57 Å². The predicted molar refractivity (Wildman–Crippen MR) is 73.0 cm³/mol. The molecule has 0 aromatic carbocycles. The Bertz CT molecular complexity index is 996. The first-order valence-corrected chi connectivity index (χ1v) is 6.52. The van der Waals surface area contributed by atoms with E-state index in [-0.39, 0.29) is 0 Å². The Morgan fingerprint density at radius 1 is 1.20 bits per heavy atom. The summed E-state index contributed by atoms with van der Waals surface area (Å²) in [5, 5.41) is 1.13. The quantitative estimate of drug-likeness (QED) is 0.402. The molecule has 0 aliphatic carbocycles. The van der Waals surface area contributed by atoms with Crippen LogP contribution in [0.1, 0.15) is 5.56 Å². The standard InChI is InChI=1S/C15H11N4O/c1-18-12-3-5-17-7-11(12)13-15(18)20-14-10-2-4-16-6-9(10)8-19(13)14/h2-7H,8H2,1H3/q+1. The normalized spacial score (nSPS) is 13.1. The molecule has 0 unspecified atom stereocenters. The molecule has 4 aromatic heterocycles. The Balaban J connectivity index is 1.97. The first-order chi connectivity index (χ1) is 9.84. The number of pyridine rings is 2. The van der Waals surface area contributed by atoms with Gasteiger partial charge in [-0.1, -0.05) is 0 Å². The summed E-state index contributed by atoms with van der Waals surface area (Å²) in [5.74, 6) is 0.911. The highest BCUT2D eigenvalue weighted by Crippen LogP contribution is 2.34. The third kappa shape index (κ3) is 1.02. The minimum atomic E-state index is 0.805. The minimum Gasteiger partial charge on any atom is -0.380 e. The molecule has 96 valence electrons. The van der Waals surface area contributed by atoms with Gasteiger partial charge in [0.05, 0.1) is 22.0 Å². The maximum absolute atomic E-state index is 6.12. The lowest BCUT2D eigenvalue weighted by Gasteiger charge is -1.93. The van der Waals surface area contributed by atoms with Crippen LogP contribution in [0.4, 0.5) is 0 Å². The molecule has 1 aliphatic rings. The van der Waals surface area contributed by atoms with Crippen LogP contribution in [0, 0.1) is 0 Å². The van der Waals surface area contributed by atoms with Crippen molar-refractivity contribution in [1.82, 2.24) is 14.5 Å². The Kier molecular flexibility index (Phi) is 1.65. The summed E-state index contributed by atoms with van der Waals surface area (Å²) < 4.78 is 10.4. The van der Waals surface area contributed by atoms with E-state index in [4.69, 9.17) is 4.42 Å². The van der Waals surface area contributed by atoms with Crippen molar-refractivity contribution in [1.29, 1.82) is 0 Å². The Hall–Kier alpha value is -2.69. The van der Waals surface area contributed by atoms with Crippen LogP contribution in [-0.4, -0.2) is 14.5 Å². The van der Waals surface area contributed by atoms with Gasteiger partial charge >= 0.3 is 5.89 Å². The Labute approximate surface area is 114 Å². The van der Waals surface area contributed by atoms with E-state index in [2.05, 4.69) is 19.1 Å². The zero-order valence-corrected chi connectivity index (χ0v) is 10.9. The molecule has 0 fully saturated rings. The van der Waals surface area contributed by atoms with Gasteiger partial charge in [0.15, 0.2) is 6.54 Å². The Morgan fingerprint density at radius 3 is 3.00 bits per heavy atom. The molecule has 1 aliphatic heterocycles. The molecule has 0 atom stereocenters. The summed E-state index contributed by atoms with van der Waals surface area (Å²) in [6.45, 7) is 0.805. The van der Waals surface area contributed by atoms with E-state index < -0.39 is 0 Å². The number of fused-ring (bicyclic) bond motifs is 7. The van der Waals surface area contributed by atoms with Crippen molar-refractivity contribution in [2.24, 2.45) is 7.05 Å². The maximum atomic E-state index is 6.12. The highest BCUT2D eigenvalue weighted by molar-refractivity contribution is 6.01. The second-order valence-corrected chi connectivity index (χ2v) is 5.13. The summed E-state index contributed by atoms with van der Waals surface area (Å²) in [6.07, 6.45) is 7.43. The zero-order chi connectivity index (χ0) is 13.3. The van der Waals surface area contributed by atoms with Crippen molar-refractivity contribution in [3.05, 3.63) is 42.5 Å². The topological polar surface area (TPSA) is 47.7 Å². The van der Waals surface area contributed by atoms with Crippen molar-refractivity contribution in [3.8, 4) is 11.5 Å². The average Bonchev–Trinajstić information content (AvgIpc) is 3.09. The number of rotatable bonds is 0. The van der Waals surface area contributed by atoms with Crippen LogP contribution in [-0.2, 0) is 13.6 Å². The molecule has 0 saturated carbocycles. The van der Waals surface area contributed by atoms with E-state index in [0.717, 1.165) is 40.1 Å². The van der Waals surface area contributed by atoms with Crippen molar-refractivity contribution in [2.75, 3.05) is 0 Å². The molecule has 0 radical (unpaired) electrons. The number of hydrogen-bond acceptors (Lipinski definition) is 3. The van der Waals surface area contributed by atoms with Crippen molar-refractivity contribution >= 4 is 22.1 Å². The van der Waals surface area contributed by atoms with Crippen LogP contribution in [0.15, 0.2) is 41.3 Å². The van der Waals surface area contributed by atoms with E-state index in [9.17, 15) is 0 Å². The number of aryl methyl sites for hydroxylation is 1. The third-order valence-corrected chi connectivity index (χ3v) is 4.09. The van der Waals surface area contributed by atoms with Gasteiger partial charge in [0.25, 0.3) is 11.2 Å². The molecule has 5 rings (SSSR count). The zero-order valence-electron chi connectivity index (χ0n) is 10.9.